The molecule has 0 atom stereocenters. The predicted octanol–water partition coefficient (Wildman–Crippen LogP) is 4.72. The molecule has 2 nitrogen and oxygen atoms in total. The van der Waals surface area contributed by atoms with Crippen LogP contribution in [0.5, 0.6) is 5.75 Å². The molecule has 2 N–H and O–H groups in total. The van der Waals surface area contributed by atoms with Gasteiger partial charge in [-0.05, 0) is 56.1 Å². The van der Waals surface area contributed by atoms with Gasteiger partial charge in [-0.3, -0.25) is 0 Å². The third kappa shape index (κ3) is 3.70. The lowest BCUT2D eigenvalue weighted by Crippen LogP contribution is -2.12. The molecular formula is C18H19F4NO. The van der Waals surface area contributed by atoms with Crippen molar-refractivity contribution in [1.29, 1.82) is 0 Å². The molecule has 6 heteroatoms. The van der Waals surface area contributed by atoms with Crippen LogP contribution < -0.4 is 10.5 Å². The Morgan fingerprint density at radius 3 is 2.42 bits per heavy atom. The number of rotatable bonds is 1. The summed E-state index contributed by atoms with van der Waals surface area (Å²) in [5.41, 5.74) is 4.98. The van der Waals surface area contributed by atoms with Crippen LogP contribution >= 0.6 is 0 Å². The highest BCUT2D eigenvalue weighted by molar-refractivity contribution is 5.76. The average Bonchev–Trinajstić information content (AvgIpc) is 2.55. The second kappa shape index (κ2) is 7.21. The smallest absolute Gasteiger partial charge is 0.417 e. The number of halogens is 4. The third-order valence-corrected chi connectivity index (χ3v) is 3.74. The Kier molecular flexibility index (Phi) is 5.49. The number of hydrogen-bond donors (Lipinski definition) is 1. The van der Waals surface area contributed by atoms with Crippen molar-refractivity contribution >= 4 is 0 Å². The number of benzene rings is 2. The molecule has 0 fully saturated rings. The zero-order chi connectivity index (χ0) is 17.9. The van der Waals surface area contributed by atoms with Crippen molar-refractivity contribution in [2.45, 2.75) is 25.9 Å². The van der Waals surface area contributed by atoms with E-state index in [1.165, 1.54) is 19.2 Å². The van der Waals surface area contributed by atoms with E-state index in [1.54, 1.807) is 13.0 Å². The highest BCUT2D eigenvalue weighted by Gasteiger charge is 2.35. The van der Waals surface area contributed by atoms with Crippen LogP contribution in [0.3, 0.4) is 0 Å². The van der Waals surface area contributed by atoms with Crippen molar-refractivity contribution < 1.29 is 22.3 Å². The SMILES string of the molecule is CN.Cc1ccc(-c2cc(F)cc3c2OCCC3)c(C(F)(F)F)c1. The summed E-state index contributed by atoms with van der Waals surface area (Å²) in [7, 11) is 1.50. The molecule has 0 radical (unpaired) electrons. The molecule has 0 amide bonds. The quantitative estimate of drug-likeness (QED) is 0.762. The van der Waals surface area contributed by atoms with Crippen molar-refractivity contribution in [2.75, 3.05) is 13.7 Å². The molecule has 0 saturated heterocycles. The molecule has 0 bridgehead atoms. The topological polar surface area (TPSA) is 35.2 Å². The minimum atomic E-state index is -4.50. The monoisotopic (exact) mass is 341 g/mol. The Morgan fingerprint density at radius 1 is 1.04 bits per heavy atom. The highest BCUT2D eigenvalue weighted by atomic mass is 19.4. The molecule has 3 rings (SSSR count). The summed E-state index contributed by atoms with van der Waals surface area (Å²) < 4.78 is 59.3. The summed E-state index contributed by atoms with van der Waals surface area (Å²) in [5, 5.41) is 0. The maximum atomic E-state index is 13.8. The zero-order valence-corrected chi connectivity index (χ0v) is 13.5. The maximum Gasteiger partial charge on any atom is 0.417 e. The molecule has 0 aliphatic carbocycles. The van der Waals surface area contributed by atoms with Gasteiger partial charge in [0.15, 0.2) is 0 Å². The fraction of sp³-hybridized carbons (Fsp3) is 0.333. The van der Waals surface area contributed by atoms with E-state index in [1.807, 2.05) is 0 Å². The standard InChI is InChI=1S/C17H14F4O.CH5N/c1-10-4-5-13(15(7-10)17(19,20)21)14-9-12(18)8-11-3-2-6-22-16(11)14;1-2/h4-5,7-9H,2-3,6H2,1H3;2H2,1H3. The van der Waals surface area contributed by atoms with Crippen LogP contribution in [0.4, 0.5) is 17.6 Å². The predicted molar refractivity (Wildman–Crippen MR) is 85.5 cm³/mol. The van der Waals surface area contributed by atoms with Crippen LogP contribution in [0.2, 0.25) is 0 Å². The Balaban J connectivity index is 0.00000100. The van der Waals surface area contributed by atoms with Crippen LogP contribution in [0, 0.1) is 12.7 Å². The van der Waals surface area contributed by atoms with Crippen molar-refractivity contribution in [3.63, 3.8) is 0 Å². The van der Waals surface area contributed by atoms with Gasteiger partial charge in [0, 0.05) is 5.56 Å². The van der Waals surface area contributed by atoms with Gasteiger partial charge >= 0.3 is 6.18 Å². The second-order valence-electron chi connectivity index (χ2n) is 5.44. The normalized spacial score (nSPS) is 13.5. The van der Waals surface area contributed by atoms with Crippen molar-refractivity contribution in [1.82, 2.24) is 0 Å². The lowest BCUT2D eigenvalue weighted by molar-refractivity contribution is -0.137. The Labute approximate surface area is 138 Å². The molecule has 0 aromatic heterocycles. The van der Waals surface area contributed by atoms with Gasteiger partial charge in [-0.1, -0.05) is 17.7 Å². The Bertz CT molecular complexity index is 726. The summed E-state index contributed by atoms with van der Waals surface area (Å²) >= 11 is 0. The first-order chi connectivity index (χ1) is 11.4. The minimum Gasteiger partial charge on any atom is -0.493 e. The summed E-state index contributed by atoms with van der Waals surface area (Å²) in [4.78, 5) is 0. The average molecular weight is 341 g/mol. The van der Waals surface area contributed by atoms with Gasteiger partial charge in [-0.25, -0.2) is 4.39 Å². The molecule has 1 aliphatic rings. The van der Waals surface area contributed by atoms with Crippen LogP contribution in [0.15, 0.2) is 30.3 Å². The second-order valence-corrected chi connectivity index (χ2v) is 5.44. The number of ether oxygens (including phenoxy) is 1. The van der Waals surface area contributed by atoms with E-state index < -0.39 is 17.6 Å². The van der Waals surface area contributed by atoms with E-state index in [-0.39, 0.29) is 11.1 Å². The molecular weight excluding hydrogens is 322 g/mol. The maximum absolute atomic E-state index is 13.8. The number of aryl methyl sites for hydroxylation is 2. The molecule has 2 aromatic rings. The van der Waals surface area contributed by atoms with Crippen LogP contribution in [0.25, 0.3) is 11.1 Å². The largest absolute Gasteiger partial charge is 0.493 e. The first-order valence-electron chi connectivity index (χ1n) is 7.57. The molecule has 24 heavy (non-hydrogen) atoms. The minimum absolute atomic E-state index is 0.0456. The molecule has 1 aliphatic heterocycles. The summed E-state index contributed by atoms with van der Waals surface area (Å²) in [6.45, 7) is 2.02. The van der Waals surface area contributed by atoms with Gasteiger partial charge in [0.1, 0.15) is 11.6 Å². The van der Waals surface area contributed by atoms with E-state index in [2.05, 4.69) is 5.73 Å². The van der Waals surface area contributed by atoms with E-state index in [0.717, 1.165) is 18.6 Å². The molecule has 130 valence electrons. The van der Waals surface area contributed by atoms with E-state index >= 15 is 0 Å². The van der Waals surface area contributed by atoms with Crippen LogP contribution in [0.1, 0.15) is 23.1 Å². The molecule has 0 saturated carbocycles. The van der Waals surface area contributed by atoms with Crippen LogP contribution in [-0.4, -0.2) is 13.7 Å². The van der Waals surface area contributed by atoms with Gasteiger partial charge in [0.2, 0.25) is 0 Å². The third-order valence-electron chi connectivity index (χ3n) is 3.74. The molecule has 0 unspecified atom stereocenters. The summed E-state index contributed by atoms with van der Waals surface area (Å²) in [5.74, 6) is -0.185. The number of fused-ring (bicyclic) bond motifs is 1. The number of alkyl halides is 3. The van der Waals surface area contributed by atoms with Gasteiger partial charge in [0.25, 0.3) is 0 Å². The Hall–Kier alpha value is -2.08. The molecule has 1 heterocycles. The van der Waals surface area contributed by atoms with Gasteiger partial charge < -0.3 is 10.5 Å². The van der Waals surface area contributed by atoms with Gasteiger partial charge in [-0.2, -0.15) is 13.2 Å². The van der Waals surface area contributed by atoms with E-state index in [9.17, 15) is 17.6 Å². The fourth-order valence-electron chi connectivity index (χ4n) is 2.77. The van der Waals surface area contributed by atoms with Gasteiger partial charge in [-0.15, -0.1) is 0 Å². The lowest BCUT2D eigenvalue weighted by Gasteiger charge is -2.22. The van der Waals surface area contributed by atoms with Crippen molar-refractivity contribution in [3.8, 4) is 16.9 Å². The van der Waals surface area contributed by atoms with Crippen molar-refractivity contribution in [2.24, 2.45) is 5.73 Å². The number of nitrogens with two attached hydrogens (primary N) is 1. The summed E-state index contributed by atoms with van der Waals surface area (Å²) in [6.07, 6.45) is -3.17. The summed E-state index contributed by atoms with van der Waals surface area (Å²) in [6, 6.07) is 6.49. The molecule has 0 spiro atoms. The lowest BCUT2D eigenvalue weighted by atomic mass is 9.93. The van der Waals surface area contributed by atoms with Crippen LogP contribution in [-0.2, 0) is 12.6 Å². The van der Waals surface area contributed by atoms with E-state index in [4.69, 9.17) is 4.74 Å². The zero-order valence-electron chi connectivity index (χ0n) is 13.5. The fourth-order valence-corrected chi connectivity index (χ4v) is 2.77. The first kappa shape index (κ1) is 18.3. The van der Waals surface area contributed by atoms with Gasteiger partial charge in [0.05, 0.1) is 12.2 Å². The van der Waals surface area contributed by atoms with Crippen molar-refractivity contribution in [3.05, 3.63) is 52.8 Å². The first-order valence-corrected chi connectivity index (χ1v) is 7.57. The molecule has 2 aromatic carbocycles. The highest BCUT2D eigenvalue weighted by Crippen LogP contribution is 2.43. The number of hydrogen-bond acceptors (Lipinski definition) is 2. The Morgan fingerprint density at radius 2 is 1.75 bits per heavy atom. The van der Waals surface area contributed by atoms with E-state index in [0.29, 0.717) is 29.9 Å².